The van der Waals surface area contributed by atoms with Crippen LogP contribution in [0.2, 0.25) is 18.1 Å². The maximum Gasteiger partial charge on any atom is 0.286 e. The summed E-state index contributed by atoms with van der Waals surface area (Å²) in [5.41, 5.74) is 1.63. The Labute approximate surface area is 324 Å². The summed E-state index contributed by atoms with van der Waals surface area (Å²) < 4.78 is 23.7. The van der Waals surface area contributed by atoms with Gasteiger partial charge in [-0.2, -0.15) is 0 Å². The fraction of sp³-hybridized carbons (Fsp3) is 0.550. The third-order valence-electron chi connectivity index (χ3n) is 10.9. The summed E-state index contributed by atoms with van der Waals surface area (Å²) in [5, 5.41) is 24.2. The number of nitrogens with zero attached hydrogens (tertiary/aromatic N) is 4. The quantitative estimate of drug-likeness (QED) is 0.0500. The van der Waals surface area contributed by atoms with Crippen molar-refractivity contribution in [3.8, 4) is 17.2 Å². The van der Waals surface area contributed by atoms with Crippen LogP contribution in [-0.2, 0) is 4.43 Å². The van der Waals surface area contributed by atoms with E-state index in [2.05, 4.69) is 47.0 Å². The van der Waals surface area contributed by atoms with E-state index in [9.17, 15) is 29.8 Å². The van der Waals surface area contributed by atoms with Crippen LogP contribution in [0.4, 0.5) is 11.4 Å². The first-order chi connectivity index (χ1) is 25.8. The van der Waals surface area contributed by atoms with Gasteiger partial charge in [-0.3, -0.25) is 29.8 Å². The van der Waals surface area contributed by atoms with Crippen molar-refractivity contribution in [3.05, 3.63) is 85.5 Å². The lowest BCUT2D eigenvalue weighted by Crippen LogP contribution is -2.46. The van der Waals surface area contributed by atoms with Gasteiger partial charge in [0.1, 0.15) is 16.9 Å². The van der Waals surface area contributed by atoms with Crippen molar-refractivity contribution in [1.29, 1.82) is 0 Å². The minimum atomic E-state index is -2.09. The van der Waals surface area contributed by atoms with E-state index in [1.165, 1.54) is 31.4 Å². The minimum absolute atomic E-state index is 0.000750. The van der Waals surface area contributed by atoms with Crippen LogP contribution in [0.1, 0.15) is 92.5 Å². The molecule has 2 aliphatic heterocycles. The van der Waals surface area contributed by atoms with Gasteiger partial charge in [0, 0.05) is 25.2 Å². The number of unbranched alkanes of at least 4 members (excludes halogenated alkanes) is 2. The van der Waals surface area contributed by atoms with Gasteiger partial charge in [0.25, 0.3) is 23.2 Å². The van der Waals surface area contributed by atoms with Crippen LogP contribution < -0.4 is 14.2 Å². The van der Waals surface area contributed by atoms with Crippen LogP contribution in [0, 0.1) is 27.2 Å². The first kappa shape index (κ1) is 43.0. The van der Waals surface area contributed by atoms with Gasteiger partial charge in [-0.15, -0.1) is 0 Å². The van der Waals surface area contributed by atoms with Gasteiger partial charge in [-0.1, -0.05) is 52.0 Å². The SMILES string of the molecule is C=C1C[C@@H](CC)N(C(=O)c2cc(OC)c(OCCCCCOc3cc([N+](=O)[O-])c(C(=O)N4CC(=C)C[C@H]4CO[Si](C)(C)C(C)(C)C)cc3C)cc2[N+](=O)[O-])C1. The van der Waals surface area contributed by atoms with E-state index in [1.807, 2.05) is 6.92 Å². The highest BCUT2D eigenvalue weighted by Gasteiger charge is 2.41. The second-order valence-corrected chi connectivity index (χ2v) is 20.8. The predicted octanol–water partition coefficient (Wildman–Crippen LogP) is 8.42. The van der Waals surface area contributed by atoms with Crippen LogP contribution in [0.5, 0.6) is 17.2 Å². The molecular formula is C40H56N4O10Si. The molecule has 2 aromatic carbocycles. The Kier molecular flexibility index (Phi) is 13.9. The fourth-order valence-electron chi connectivity index (χ4n) is 6.62. The van der Waals surface area contributed by atoms with Gasteiger partial charge < -0.3 is 28.4 Å². The minimum Gasteiger partial charge on any atom is -0.493 e. The van der Waals surface area contributed by atoms with Crippen molar-refractivity contribution in [2.24, 2.45) is 0 Å². The molecule has 0 unspecified atom stereocenters. The Balaban J connectivity index is 1.34. The number of hydrogen-bond donors (Lipinski definition) is 0. The van der Waals surface area contributed by atoms with Gasteiger partial charge in [-0.05, 0) is 75.2 Å². The van der Waals surface area contributed by atoms with Gasteiger partial charge in [0.15, 0.2) is 19.8 Å². The van der Waals surface area contributed by atoms with Crippen LogP contribution in [-0.4, -0.2) is 91.9 Å². The molecule has 0 saturated carbocycles. The molecule has 0 N–H and O–H groups in total. The molecule has 0 bridgehead atoms. The highest BCUT2D eigenvalue weighted by Crippen LogP contribution is 2.39. The average molecular weight is 781 g/mol. The van der Waals surface area contributed by atoms with Crippen molar-refractivity contribution >= 4 is 31.5 Å². The normalized spacial score (nSPS) is 17.5. The van der Waals surface area contributed by atoms with Gasteiger partial charge in [0.2, 0.25) is 0 Å². The smallest absolute Gasteiger partial charge is 0.286 e. The molecule has 0 aliphatic carbocycles. The first-order valence-corrected chi connectivity index (χ1v) is 21.7. The maximum absolute atomic E-state index is 13.8. The van der Waals surface area contributed by atoms with Crippen molar-refractivity contribution < 1.29 is 38.1 Å². The molecule has 2 aromatic rings. The second-order valence-electron chi connectivity index (χ2n) is 16.0. The Morgan fingerprint density at radius 1 is 0.818 bits per heavy atom. The molecule has 2 atom stereocenters. The van der Waals surface area contributed by atoms with E-state index in [1.54, 1.807) is 16.7 Å². The molecule has 4 rings (SSSR count). The van der Waals surface area contributed by atoms with Crippen molar-refractivity contribution in [1.82, 2.24) is 9.80 Å². The molecule has 300 valence electrons. The molecule has 2 heterocycles. The number of benzene rings is 2. The summed E-state index contributed by atoms with van der Waals surface area (Å²) in [6.07, 6.45) is 3.77. The Morgan fingerprint density at radius 3 is 1.82 bits per heavy atom. The number of nitro groups is 2. The number of aryl methyl sites for hydroxylation is 1. The third kappa shape index (κ3) is 10.1. The molecule has 2 aliphatic rings. The summed E-state index contributed by atoms with van der Waals surface area (Å²) in [4.78, 5) is 53.6. The lowest BCUT2D eigenvalue weighted by molar-refractivity contribution is -0.385. The van der Waals surface area contributed by atoms with Crippen molar-refractivity contribution in [2.45, 2.75) is 103 Å². The Hall–Kier alpha value is -4.76. The third-order valence-corrected chi connectivity index (χ3v) is 15.4. The van der Waals surface area contributed by atoms with Gasteiger partial charge in [0.05, 0.1) is 55.0 Å². The van der Waals surface area contributed by atoms with Crippen molar-refractivity contribution in [3.63, 3.8) is 0 Å². The zero-order chi connectivity index (χ0) is 40.8. The standard InChI is InChI=1S/C40H56N4O10Si/c1-11-29-17-26(2)23-41(29)39(46)32-20-36(51-8)37(22-34(32)44(49)50)53-16-14-12-13-15-52-35-21-33(43(47)48)31(19-28(35)4)38(45)42-24-27(3)18-30(42)25-54-55(9,10)40(5,6)7/h19-22,29-30H,2-3,11-18,23-25H2,1,4-10H3/t29-,30+/m1/s1. The van der Waals surface area contributed by atoms with E-state index in [4.69, 9.17) is 18.6 Å². The van der Waals surface area contributed by atoms with Crippen LogP contribution >= 0.6 is 0 Å². The van der Waals surface area contributed by atoms with Gasteiger partial charge in [-0.25, -0.2) is 0 Å². The predicted molar refractivity (Wildman–Crippen MR) is 213 cm³/mol. The number of ether oxygens (including phenoxy) is 3. The number of rotatable bonds is 17. The molecule has 2 saturated heterocycles. The van der Waals surface area contributed by atoms with Crippen molar-refractivity contribution in [2.75, 3.05) is 40.0 Å². The summed E-state index contributed by atoms with van der Waals surface area (Å²) >= 11 is 0. The monoisotopic (exact) mass is 780 g/mol. The number of likely N-dealkylation sites (tertiary alicyclic amines) is 2. The van der Waals surface area contributed by atoms with E-state index >= 15 is 0 Å². The molecule has 0 radical (unpaired) electrons. The number of nitro benzene ring substituents is 2. The van der Waals surface area contributed by atoms with Gasteiger partial charge >= 0.3 is 0 Å². The number of amides is 2. The summed E-state index contributed by atoms with van der Waals surface area (Å²) in [6, 6.07) is 5.10. The lowest BCUT2D eigenvalue weighted by atomic mass is 10.1. The number of hydrogen-bond acceptors (Lipinski definition) is 10. The Morgan fingerprint density at radius 2 is 1.31 bits per heavy atom. The number of methoxy groups -OCH3 is 1. The first-order valence-electron chi connectivity index (χ1n) is 18.8. The van der Waals surface area contributed by atoms with E-state index < -0.39 is 30.0 Å². The summed E-state index contributed by atoms with van der Waals surface area (Å²) in [7, 11) is -0.677. The number of carbonyl (C=O) groups excluding carboxylic acids is 2. The Bertz CT molecular complexity index is 1820. The second kappa shape index (κ2) is 17.8. The summed E-state index contributed by atoms with van der Waals surface area (Å²) in [6.45, 7) is 24.0. The van der Waals surface area contributed by atoms with Crippen LogP contribution in [0.15, 0.2) is 48.6 Å². The van der Waals surface area contributed by atoms with Crippen LogP contribution in [0.3, 0.4) is 0 Å². The van der Waals surface area contributed by atoms with Crippen LogP contribution in [0.25, 0.3) is 0 Å². The lowest BCUT2D eigenvalue weighted by Gasteiger charge is -2.38. The molecule has 0 aromatic heterocycles. The molecular weight excluding hydrogens is 725 g/mol. The zero-order valence-corrected chi connectivity index (χ0v) is 34.5. The van der Waals surface area contributed by atoms with E-state index in [0.29, 0.717) is 69.5 Å². The summed E-state index contributed by atoms with van der Waals surface area (Å²) in [5.74, 6) is -0.191. The topological polar surface area (TPSA) is 164 Å². The zero-order valence-electron chi connectivity index (χ0n) is 33.5. The highest BCUT2D eigenvalue weighted by molar-refractivity contribution is 6.74. The molecule has 2 amide bonds. The fourth-order valence-corrected chi connectivity index (χ4v) is 7.66. The molecule has 0 spiro atoms. The molecule has 14 nitrogen and oxygen atoms in total. The molecule has 2 fully saturated rings. The highest BCUT2D eigenvalue weighted by atomic mass is 28.4. The number of carbonyl (C=O) groups is 2. The average Bonchev–Trinajstić information content (AvgIpc) is 3.70. The van der Waals surface area contributed by atoms with E-state index in [-0.39, 0.29) is 64.3 Å². The van der Waals surface area contributed by atoms with E-state index in [0.717, 1.165) is 11.1 Å². The molecule has 15 heteroatoms. The largest absolute Gasteiger partial charge is 0.493 e. The molecule has 55 heavy (non-hydrogen) atoms. The maximum atomic E-state index is 13.8.